The highest BCUT2D eigenvalue weighted by Gasteiger charge is 2.25. The first-order valence-corrected chi connectivity index (χ1v) is 12.0. The number of carbonyl (C=O) groups excluding carboxylic acids is 2. The van der Waals surface area contributed by atoms with E-state index in [0.29, 0.717) is 34.2 Å². The molecule has 0 aliphatic carbocycles. The van der Waals surface area contributed by atoms with Crippen LogP contribution in [0, 0.1) is 6.92 Å². The van der Waals surface area contributed by atoms with Gasteiger partial charge >= 0.3 is 5.97 Å². The van der Waals surface area contributed by atoms with Gasteiger partial charge in [-0.15, -0.1) is 11.3 Å². The van der Waals surface area contributed by atoms with Crippen LogP contribution in [0.3, 0.4) is 0 Å². The Morgan fingerprint density at radius 1 is 0.971 bits per heavy atom. The van der Waals surface area contributed by atoms with Crippen LogP contribution in [0.2, 0.25) is 0 Å². The van der Waals surface area contributed by atoms with Crippen molar-refractivity contribution in [3.63, 3.8) is 0 Å². The summed E-state index contributed by atoms with van der Waals surface area (Å²) in [5.41, 5.74) is 2.58. The molecule has 1 heterocycles. The van der Waals surface area contributed by atoms with Crippen LogP contribution in [0.25, 0.3) is 17.2 Å². The van der Waals surface area contributed by atoms with Crippen LogP contribution in [0.5, 0.6) is 17.2 Å². The van der Waals surface area contributed by atoms with Crippen LogP contribution in [0.15, 0.2) is 48.5 Å². The molecule has 8 heteroatoms. The van der Waals surface area contributed by atoms with E-state index in [4.69, 9.17) is 18.9 Å². The lowest BCUT2D eigenvalue weighted by molar-refractivity contribution is -0.111. The monoisotopic (exact) mass is 495 g/mol. The molecule has 3 aromatic rings. The van der Waals surface area contributed by atoms with Crippen molar-refractivity contribution in [3.8, 4) is 28.4 Å². The molecule has 0 fully saturated rings. The lowest BCUT2D eigenvalue weighted by Gasteiger charge is -2.10. The third kappa shape index (κ3) is 6.22. The van der Waals surface area contributed by atoms with E-state index in [1.54, 1.807) is 45.4 Å². The van der Waals surface area contributed by atoms with Crippen LogP contribution in [-0.2, 0) is 9.53 Å². The second-order valence-electron chi connectivity index (χ2n) is 7.35. The Balaban J connectivity index is 1.93. The predicted octanol–water partition coefficient (Wildman–Crippen LogP) is 5.97. The van der Waals surface area contributed by atoms with Gasteiger partial charge in [0, 0.05) is 22.1 Å². The lowest BCUT2D eigenvalue weighted by Crippen LogP contribution is -2.12. The summed E-state index contributed by atoms with van der Waals surface area (Å²) in [6, 6.07) is 12.8. The summed E-state index contributed by atoms with van der Waals surface area (Å²) in [5.74, 6) is 1.11. The molecule has 0 saturated carbocycles. The van der Waals surface area contributed by atoms with Crippen LogP contribution in [-0.4, -0.2) is 39.3 Å². The fraction of sp³-hybridized carbons (Fsp3) is 0.259. The number of aryl methyl sites for hydroxylation is 1. The van der Waals surface area contributed by atoms with Crippen LogP contribution in [0.4, 0.5) is 5.00 Å². The Kier molecular flexibility index (Phi) is 8.92. The van der Waals surface area contributed by atoms with Gasteiger partial charge < -0.3 is 24.3 Å². The van der Waals surface area contributed by atoms with Crippen molar-refractivity contribution in [2.75, 3.05) is 32.8 Å². The van der Waals surface area contributed by atoms with Gasteiger partial charge in [0.15, 0.2) is 0 Å². The molecule has 2 aromatic carbocycles. The zero-order valence-corrected chi connectivity index (χ0v) is 21.3. The zero-order chi connectivity index (χ0) is 25.4. The Hall–Kier alpha value is -3.78. The van der Waals surface area contributed by atoms with Gasteiger partial charge in [0.05, 0.1) is 27.4 Å². The molecule has 184 valence electrons. The first-order valence-electron chi connectivity index (χ1n) is 11.2. The van der Waals surface area contributed by atoms with E-state index in [-0.39, 0.29) is 12.5 Å². The van der Waals surface area contributed by atoms with E-state index >= 15 is 0 Å². The first kappa shape index (κ1) is 25.8. The smallest absolute Gasteiger partial charge is 0.341 e. The number of amides is 1. The minimum atomic E-state index is -0.491. The number of hydrogen-bond acceptors (Lipinski definition) is 7. The lowest BCUT2D eigenvalue weighted by atomic mass is 10.0. The molecule has 0 aliphatic heterocycles. The summed E-state index contributed by atoms with van der Waals surface area (Å²) in [6.45, 7) is 6.36. The van der Waals surface area contributed by atoms with Crippen molar-refractivity contribution in [1.82, 2.24) is 0 Å². The molecule has 7 nitrogen and oxygen atoms in total. The fourth-order valence-corrected chi connectivity index (χ4v) is 4.62. The Labute approximate surface area is 209 Å². The van der Waals surface area contributed by atoms with Gasteiger partial charge in [-0.05, 0) is 62.7 Å². The molecular weight excluding hydrogens is 466 g/mol. The molecule has 0 unspecified atom stereocenters. The van der Waals surface area contributed by atoms with E-state index in [1.807, 2.05) is 38.1 Å². The summed E-state index contributed by atoms with van der Waals surface area (Å²) >= 11 is 1.33. The number of hydrogen-bond donors (Lipinski definition) is 1. The SMILES string of the molecule is CCOC(=O)c1c(NC(=O)/C=C/c2cc(OC)ccc2OC)sc(C)c1-c1ccc(OCC)cc1. The van der Waals surface area contributed by atoms with Gasteiger partial charge in [-0.1, -0.05) is 12.1 Å². The summed E-state index contributed by atoms with van der Waals surface area (Å²) in [4.78, 5) is 26.6. The number of carbonyl (C=O) groups is 2. The van der Waals surface area contributed by atoms with Crippen molar-refractivity contribution in [3.05, 3.63) is 64.5 Å². The van der Waals surface area contributed by atoms with Gasteiger partial charge in [0.25, 0.3) is 0 Å². The summed E-state index contributed by atoms with van der Waals surface area (Å²) in [7, 11) is 3.13. The Morgan fingerprint density at radius 2 is 1.69 bits per heavy atom. The normalized spacial score (nSPS) is 10.8. The minimum Gasteiger partial charge on any atom is -0.497 e. The van der Waals surface area contributed by atoms with Gasteiger partial charge in [-0.2, -0.15) is 0 Å². The van der Waals surface area contributed by atoms with Gasteiger partial charge in [-0.25, -0.2) is 4.79 Å². The van der Waals surface area contributed by atoms with Crippen molar-refractivity contribution in [2.24, 2.45) is 0 Å². The Bertz CT molecular complexity index is 1210. The second-order valence-corrected chi connectivity index (χ2v) is 8.57. The maximum absolute atomic E-state index is 12.9. The highest BCUT2D eigenvalue weighted by Crippen LogP contribution is 2.41. The molecular formula is C27H29NO6S. The molecule has 35 heavy (non-hydrogen) atoms. The van der Waals surface area contributed by atoms with Crippen molar-refractivity contribution < 1.29 is 28.5 Å². The largest absolute Gasteiger partial charge is 0.497 e. The number of benzene rings is 2. The van der Waals surface area contributed by atoms with Crippen molar-refractivity contribution >= 4 is 34.3 Å². The van der Waals surface area contributed by atoms with E-state index in [2.05, 4.69) is 5.32 Å². The van der Waals surface area contributed by atoms with Crippen molar-refractivity contribution in [1.29, 1.82) is 0 Å². The molecule has 1 aromatic heterocycles. The molecule has 1 amide bonds. The molecule has 0 spiro atoms. The average molecular weight is 496 g/mol. The number of anilines is 1. The van der Waals surface area contributed by atoms with Crippen LogP contribution in [0.1, 0.15) is 34.6 Å². The molecule has 0 atom stereocenters. The first-order chi connectivity index (χ1) is 16.9. The quantitative estimate of drug-likeness (QED) is 0.276. The topological polar surface area (TPSA) is 83.1 Å². The number of nitrogens with one attached hydrogen (secondary N) is 1. The third-order valence-corrected chi connectivity index (χ3v) is 6.13. The van der Waals surface area contributed by atoms with Crippen LogP contribution >= 0.6 is 11.3 Å². The standard InChI is InChI=1S/C27H29NO6S/c1-6-33-20-11-8-18(9-12-20)24-17(3)35-26(25(24)27(30)34-7-2)28-23(29)15-10-19-16-21(31-4)13-14-22(19)32-5/h8-16H,6-7H2,1-5H3,(H,28,29)/b15-10+. The molecule has 1 N–H and O–H groups in total. The zero-order valence-electron chi connectivity index (χ0n) is 20.5. The van der Waals surface area contributed by atoms with E-state index in [9.17, 15) is 9.59 Å². The summed E-state index contributed by atoms with van der Waals surface area (Å²) < 4.78 is 21.5. The number of thiophene rings is 1. The van der Waals surface area contributed by atoms with E-state index in [0.717, 1.165) is 21.8 Å². The predicted molar refractivity (Wildman–Crippen MR) is 139 cm³/mol. The number of methoxy groups -OCH3 is 2. The number of esters is 1. The molecule has 0 radical (unpaired) electrons. The van der Waals surface area contributed by atoms with Gasteiger partial charge in [-0.3, -0.25) is 4.79 Å². The minimum absolute atomic E-state index is 0.222. The van der Waals surface area contributed by atoms with Gasteiger partial charge in [0.2, 0.25) is 5.91 Å². The third-order valence-electron chi connectivity index (χ3n) is 5.11. The molecule has 3 rings (SSSR count). The molecule has 0 bridgehead atoms. The molecule has 0 saturated heterocycles. The maximum Gasteiger partial charge on any atom is 0.341 e. The van der Waals surface area contributed by atoms with E-state index in [1.165, 1.54) is 17.4 Å². The fourth-order valence-electron chi connectivity index (χ4n) is 3.55. The maximum atomic E-state index is 12.9. The Morgan fingerprint density at radius 3 is 2.31 bits per heavy atom. The highest BCUT2D eigenvalue weighted by atomic mass is 32.1. The number of ether oxygens (including phenoxy) is 4. The van der Waals surface area contributed by atoms with E-state index < -0.39 is 5.97 Å². The highest BCUT2D eigenvalue weighted by molar-refractivity contribution is 7.17. The van der Waals surface area contributed by atoms with Crippen molar-refractivity contribution in [2.45, 2.75) is 20.8 Å². The van der Waals surface area contributed by atoms with Gasteiger partial charge in [0.1, 0.15) is 27.8 Å². The second kappa shape index (κ2) is 12.1. The average Bonchev–Trinajstić information content (AvgIpc) is 3.18. The summed E-state index contributed by atoms with van der Waals surface area (Å²) in [6.07, 6.45) is 3.02. The summed E-state index contributed by atoms with van der Waals surface area (Å²) in [5, 5.41) is 3.27. The van der Waals surface area contributed by atoms with Crippen LogP contribution < -0.4 is 19.5 Å². The molecule has 0 aliphatic rings. The number of rotatable bonds is 10.